The van der Waals surface area contributed by atoms with Crippen molar-refractivity contribution in [2.75, 3.05) is 5.75 Å². The van der Waals surface area contributed by atoms with Gasteiger partial charge in [-0.3, -0.25) is 15.1 Å². The molecule has 0 saturated carbocycles. The van der Waals surface area contributed by atoms with Crippen LogP contribution in [0.25, 0.3) is 5.70 Å². The number of nitrogens with zero attached hydrogens (tertiary/aromatic N) is 3. The van der Waals surface area contributed by atoms with Crippen molar-refractivity contribution in [2.45, 2.75) is 32.4 Å². The van der Waals surface area contributed by atoms with Crippen LogP contribution in [-0.2, 0) is 4.79 Å². The van der Waals surface area contributed by atoms with Gasteiger partial charge in [0, 0.05) is 16.0 Å². The molecule has 1 atom stereocenters. The number of hydrogen-bond donors (Lipinski definition) is 1. The van der Waals surface area contributed by atoms with Gasteiger partial charge in [0.15, 0.2) is 11.3 Å². The standard InChI is InChI=1S/C21H21ClN4OS/c1-2-3-6-13-28-21-24-20(27)18-16-7-4-5-8-17(16)23-19(26(18)25-21)14-9-11-15(22)12-10-14/h4-5,7-12,19H,2-3,6,13H2,1H3,(H,24,25,27)/t19-/m1/s1. The van der Waals surface area contributed by atoms with Gasteiger partial charge < -0.3 is 0 Å². The van der Waals surface area contributed by atoms with Gasteiger partial charge in [-0.05, 0) is 30.2 Å². The number of halogens is 1. The fraction of sp³-hybridized carbons (Fsp3) is 0.286. The quantitative estimate of drug-likeness (QED) is 0.765. The lowest BCUT2D eigenvalue weighted by atomic mass is 10.1. The van der Waals surface area contributed by atoms with E-state index in [1.165, 1.54) is 6.42 Å². The third kappa shape index (κ3) is 3.80. The minimum Gasteiger partial charge on any atom is -0.298 e. The molecule has 7 heteroatoms. The first-order chi connectivity index (χ1) is 13.7. The van der Waals surface area contributed by atoms with Gasteiger partial charge in [0.25, 0.3) is 5.91 Å². The van der Waals surface area contributed by atoms with E-state index < -0.39 is 6.17 Å². The van der Waals surface area contributed by atoms with E-state index in [1.807, 2.05) is 48.5 Å². The van der Waals surface area contributed by atoms with E-state index in [0.29, 0.717) is 15.9 Å². The van der Waals surface area contributed by atoms with Gasteiger partial charge in [0.1, 0.15) is 5.70 Å². The van der Waals surface area contributed by atoms with Crippen molar-refractivity contribution < 1.29 is 4.79 Å². The molecule has 1 amide bonds. The number of hydrogen-bond acceptors (Lipinski definition) is 5. The number of thioether (sulfide) groups is 1. The van der Waals surface area contributed by atoms with Gasteiger partial charge in [-0.25, -0.2) is 5.01 Å². The summed E-state index contributed by atoms with van der Waals surface area (Å²) >= 11 is 7.63. The molecule has 0 saturated heterocycles. The summed E-state index contributed by atoms with van der Waals surface area (Å²) in [5, 5.41) is 12.3. The zero-order valence-corrected chi connectivity index (χ0v) is 17.1. The van der Waals surface area contributed by atoms with E-state index in [4.69, 9.17) is 21.7 Å². The summed E-state index contributed by atoms with van der Waals surface area (Å²) in [5.74, 6) is 0.782. The van der Waals surface area contributed by atoms with E-state index in [0.717, 1.165) is 34.7 Å². The lowest BCUT2D eigenvalue weighted by molar-refractivity contribution is -0.116. The predicted molar refractivity (Wildman–Crippen MR) is 114 cm³/mol. The summed E-state index contributed by atoms with van der Waals surface area (Å²) in [6, 6.07) is 15.2. The predicted octanol–water partition coefficient (Wildman–Crippen LogP) is 3.41. The van der Waals surface area contributed by atoms with E-state index in [2.05, 4.69) is 12.2 Å². The van der Waals surface area contributed by atoms with Crippen LogP contribution in [0.15, 0.2) is 58.6 Å². The molecule has 0 unspecified atom stereocenters. The number of nitrogens with one attached hydrogen (secondary N) is 1. The van der Waals surface area contributed by atoms with Crippen LogP contribution in [-0.4, -0.2) is 21.8 Å². The Morgan fingerprint density at radius 1 is 1.14 bits per heavy atom. The fourth-order valence-corrected chi connectivity index (χ4v) is 4.24. The van der Waals surface area contributed by atoms with Gasteiger partial charge in [-0.2, -0.15) is 0 Å². The molecule has 144 valence electrons. The zero-order chi connectivity index (χ0) is 19.5. The summed E-state index contributed by atoms with van der Waals surface area (Å²) in [5.41, 5.74) is 1.47. The summed E-state index contributed by atoms with van der Waals surface area (Å²) in [6.45, 7) is 2.18. The first-order valence-electron chi connectivity index (χ1n) is 9.42. The number of fused-ring (bicyclic) bond motifs is 2. The summed E-state index contributed by atoms with van der Waals surface area (Å²) in [6.07, 6.45) is 3.03. The van der Waals surface area contributed by atoms with Crippen molar-refractivity contribution in [1.29, 1.82) is 0 Å². The highest BCUT2D eigenvalue weighted by molar-refractivity contribution is 8.13. The Kier molecular flexibility index (Phi) is 5.69. The van der Waals surface area contributed by atoms with Crippen LogP contribution in [0.5, 0.6) is 0 Å². The lowest BCUT2D eigenvalue weighted by Gasteiger charge is -2.34. The highest BCUT2D eigenvalue weighted by Gasteiger charge is 2.34. The Morgan fingerprint density at radius 3 is 2.71 bits per heavy atom. The third-order valence-corrected chi connectivity index (χ3v) is 5.87. The average molecular weight is 413 g/mol. The Hall–Kier alpha value is -2.31. The smallest absolute Gasteiger partial charge is 0.276 e. The van der Waals surface area contributed by atoms with Crippen LogP contribution in [0.4, 0.5) is 0 Å². The van der Waals surface area contributed by atoms with Crippen LogP contribution in [0, 0.1) is 0 Å². The minimum absolute atomic E-state index is 0.144. The van der Waals surface area contributed by atoms with Crippen LogP contribution in [0.3, 0.4) is 0 Å². The van der Waals surface area contributed by atoms with Crippen molar-refractivity contribution in [1.82, 2.24) is 10.3 Å². The van der Waals surface area contributed by atoms with E-state index in [-0.39, 0.29) is 5.91 Å². The van der Waals surface area contributed by atoms with Gasteiger partial charge in [-0.15, -0.1) is 5.10 Å². The van der Waals surface area contributed by atoms with Gasteiger partial charge in [-0.1, -0.05) is 73.5 Å². The van der Waals surface area contributed by atoms with Crippen LogP contribution in [0.1, 0.15) is 37.9 Å². The van der Waals surface area contributed by atoms with E-state index >= 15 is 0 Å². The molecule has 2 aliphatic heterocycles. The molecule has 0 bridgehead atoms. The Morgan fingerprint density at radius 2 is 1.93 bits per heavy atom. The molecule has 2 aromatic carbocycles. The van der Waals surface area contributed by atoms with E-state index in [9.17, 15) is 4.79 Å². The number of amides is 1. The van der Waals surface area contributed by atoms with E-state index in [1.54, 1.807) is 16.8 Å². The maximum absolute atomic E-state index is 13.0. The summed E-state index contributed by atoms with van der Waals surface area (Å²) in [7, 11) is 0. The number of carbonyl (C=O) groups is 1. The highest BCUT2D eigenvalue weighted by atomic mass is 35.5. The van der Waals surface area contributed by atoms with Crippen molar-refractivity contribution in [2.24, 2.45) is 10.1 Å². The van der Waals surface area contributed by atoms with Gasteiger partial charge >= 0.3 is 0 Å². The molecular formula is C21H21ClN4OS. The second-order valence-corrected chi connectivity index (χ2v) is 8.20. The van der Waals surface area contributed by atoms with Crippen molar-refractivity contribution in [3.63, 3.8) is 0 Å². The van der Waals surface area contributed by atoms with Gasteiger partial charge in [0.2, 0.25) is 0 Å². The molecule has 0 fully saturated rings. The van der Waals surface area contributed by atoms with Crippen LogP contribution >= 0.6 is 23.4 Å². The molecule has 5 nitrogen and oxygen atoms in total. The number of benzene rings is 2. The van der Waals surface area contributed by atoms with Crippen molar-refractivity contribution in [3.05, 3.63) is 69.7 Å². The summed E-state index contributed by atoms with van der Waals surface area (Å²) < 4.78 is 0. The number of carbonyl (C=O) groups excluding carboxylic acids is 1. The second-order valence-electron chi connectivity index (χ2n) is 6.68. The molecule has 4 rings (SSSR count). The molecule has 0 aliphatic carbocycles. The highest BCUT2D eigenvalue weighted by Crippen LogP contribution is 2.31. The zero-order valence-electron chi connectivity index (χ0n) is 15.6. The molecule has 0 radical (unpaired) electrons. The van der Waals surface area contributed by atoms with Crippen molar-refractivity contribution in [3.8, 4) is 0 Å². The maximum Gasteiger partial charge on any atom is 0.276 e. The molecule has 0 spiro atoms. The Labute approximate surface area is 173 Å². The largest absolute Gasteiger partial charge is 0.298 e. The number of hydrazone groups is 1. The molecule has 0 aromatic heterocycles. The maximum atomic E-state index is 13.0. The Bertz CT molecular complexity index is 1040. The number of amidine groups is 1. The molecule has 28 heavy (non-hydrogen) atoms. The van der Waals surface area contributed by atoms with Gasteiger partial charge in [0.05, 0.1) is 5.36 Å². The average Bonchev–Trinajstić information content (AvgIpc) is 2.71. The third-order valence-electron chi connectivity index (χ3n) is 4.67. The molecular weight excluding hydrogens is 392 g/mol. The Balaban J connectivity index is 1.76. The SMILES string of the molecule is CCCCCSC1=NN2C(=c3ccccc3=N[C@H]2c2ccc(Cl)cc2)C(=O)N1. The molecule has 1 N–H and O–H groups in total. The first-order valence-corrected chi connectivity index (χ1v) is 10.8. The van der Waals surface area contributed by atoms with Crippen molar-refractivity contribution >= 4 is 40.1 Å². The summed E-state index contributed by atoms with van der Waals surface area (Å²) in [4.78, 5) is 17.8. The number of para-hydroxylation sites is 1. The van der Waals surface area contributed by atoms with Crippen LogP contribution in [0.2, 0.25) is 5.02 Å². The first kappa shape index (κ1) is 19.0. The number of unbranched alkanes of at least 4 members (excludes halogenated alkanes) is 2. The fourth-order valence-electron chi connectivity index (χ4n) is 3.27. The lowest BCUT2D eigenvalue weighted by Crippen LogP contribution is -2.50. The molecule has 2 aliphatic rings. The minimum atomic E-state index is -0.403. The number of rotatable bonds is 5. The second kappa shape index (κ2) is 8.37. The molecule has 2 aromatic rings. The monoisotopic (exact) mass is 412 g/mol. The normalized spacial score (nSPS) is 18.0. The van der Waals surface area contributed by atoms with Crippen LogP contribution < -0.4 is 15.9 Å². The molecule has 2 heterocycles. The topological polar surface area (TPSA) is 57.1 Å².